The Morgan fingerprint density at radius 3 is 2.83 bits per heavy atom. The predicted molar refractivity (Wildman–Crippen MR) is 68.0 cm³/mol. The van der Waals surface area contributed by atoms with Gasteiger partial charge in [0.05, 0.1) is 6.61 Å². The van der Waals surface area contributed by atoms with E-state index in [2.05, 4.69) is 12.2 Å². The summed E-state index contributed by atoms with van der Waals surface area (Å²) in [5.41, 5.74) is 0.582. The van der Waals surface area contributed by atoms with E-state index in [-0.39, 0.29) is 23.7 Å². The number of phenols is 1. The lowest BCUT2D eigenvalue weighted by Gasteiger charge is -2.24. The van der Waals surface area contributed by atoms with E-state index in [1.807, 2.05) is 6.92 Å². The molecule has 0 spiro atoms. The Labute approximate surface area is 107 Å². The van der Waals surface area contributed by atoms with Gasteiger partial charge >= 0.3 is 0 Å². The molecule has 1 saturated heterocycles. The van der Waals surface area contributed by atoms with E-state index in [1.165, 1.54) is 6.07 Å². The highest BCUT2D eigenvalue weighted by Crippen LogP contribution is 2.23. The highest BCUT2D eigenvalue weighted by Gasteiger charge is 2.24. The number of halogens is 1. The highest BCUT2D eigenvalue weighted by atomic mass is 19.1. The molecule has 3 atom stereocenters. The molecule has 0 aliphatic carbocycles. The number of hydrogen-bond acceptors (Lipinski definition) is 3. The Morgan fingerprint density at radius 1 is 1.44 bits per heavy atom. The molecule has 1 aliphatic rings. The quantitative estimate of drug-likeness (QED) is 0.866. The minimum absolute atomic E-state index is 0.0410. The summed E-state index contributed by atoms with van der Waals surface area (Å²) in [5, 5.41) is 12.6. The number of phenolic OH excluding ortho intramolecular Hbond substituents is 1. The van der Waals surface area contributed by atoms with E-state index in [9.17, 15) is 9.50 Å². The van der Waals surface area contributed by atoms with Crippen LogP contribution in [0.3, 0.4) is 0 Å². The van der Waals surface area contributed by atoms with Crippen LogP contribution in [0.5, 0.6) is 5.75 Å². The van der Waals surface area contributed by atoms with E-state index < -0.39 is 0 Å². The summed E-state index contributed by atoms with van der Waals surface area (Å²) in [6.07, 6.45) is 1.05. The molecule has 0 aromatic heterocycles. The lowest BCUT2D eigenvalue weighted by atomic mass is 9.98. The van der Waals surface area contributed by atoms with Gasteiger partial charge in [0.15, 0.2) is 0 Å². The van der Waals surface area contributed by atoms with E-state index in [4.69, 9.17) is 4.74 Å². The van der Waals surface area contributed by atoms with E-state index in [0.29, 0.717) is 11.5 Å². The van der Waals surface area contributed by atoms with Crippen LogP contribution >= 0.6 is 0 Å². The molecule has 100 valence electrons. The molecule has 2 rings (SSSR count). The minimum atomic E-state index is -0.370. The van der Waals surface area contributed by atoms with Crippen LogP contribution in [-0.2, 0) is 4.74 Å². The van der Waals surface area contributed by atoms with Crippen LogP contribution in [0.15, 0.2) is 18.2 Å². The SMILES string of the molecule is CC(NC(C)C1CCOC1)c1ccc(O)cc1F. The van der Waals surface area contributed by atoms with Crippen LogP contribution in [0, 0.1) is 11.7 Å². The number of nitrogens with one attached hydrogen (secondary N) is 1. The molecular weight excluding hydrogens is 233 g/mol. The van der Waals surface area contributed by atoms with Crippen LogP contribution in [-0.4, -0.2) is 24.4 Å². The summed E-state index contributed by atoms with van der Waals surface area (Å²) >= 11 is 0. The summed E-state index contributed by atoms with van der Waals surface area (Å²) in [6.45, 7) is 5.63. The molecule has 4 heteroatoms. The van der Waals surface area contributed by atoms with Gasteiger partial charge in [-0.3, -0.25) is 0 Å². The fourth-order valence-electron chi connectivity index (χ4n) is 2.43. The van der Waals surface area contributed by atoms with E-state index >= 15 is 0 Å². The van der Waals surface area contributed by atoms with Gasteiger partial charge in [-0.15, -0.1) is 0 Å². The minimum Gasteiger partial charge on any atom is -0.508 e. The Morgan fingerprint density at radius 2 is 2.22 bits per heavy atom. The van der Waals surface area contributed by atoms with Crippen LogP contribution in [0.25, 0.3) is 0 Å². The van der Waals surface area contributed by atoms with Crippen molar-refractivity contribution in [3.63, 3.8) is 0 Å². The maximum absolute atomic E-state index is 13.7. The lowest BCUT2D eigenvalue weighted by molar-refractivity contribution is 0.177. The van der Waals surface area contributed by atoms with Crippen molar-refractivity contribution in [1.82, 2.24) is 5.32 Å². The zero-order chi connectivity index (χ0) is 13.1. The van der Waals surface area contributed by atoms with Crippen molar-refractivity contribution in [3.05, 3.63) is 29.6 Å². The summed E-state index contributed by atoms with van der Waals surface area (Å²) in [7, 11) is 0. The Hall–Kier alpha value is -1.13. The second-order valence-electron chi connectivity index (χ2n) is 5.01. The van der Waals surface area contributed by atoms with Gasteiger partial charge in [0.2, 0.25) is 0 Å². The Kier molecular flexibility index (Phi) is 4.19. The van der Waals surface area contributed by atoms with Crippen LogP contribution < -0.4 is 5.32 Å². The molecule has 0 bridgehead atoms. The van der Waals surface area contributed by atoms with Crippen molar-refractivity contribution < 1.29 is 14.2 Å². The second-order valence-corrected chi connectivity index (χ2v) is 5.01. The van der Waals surface area contributed by atoms with Gasteiger partial charge in [0.1, 0.15) is 11.6 Å². The highest BCUT2D eigenvalue weighted by molar-refractivity contribution is 5.29. The topological polar surface area (TPSA) is 41.5 Å². The monoisotopic (exact) mass is 253 g/mol. The van der Waals surface area contributed by atoms with E-state index in [0.717, 1.165) is 25.7 Å². The molecule has 1 aliphatic heterocycles. The first-order valence-corrected chi connectivity index (χ1v) is 6.40. The zero-order valence-corrected chi connectivity index (χ0v) is 10.8. The summed E-state index contributed by atoms with van der Waals surface area (Å²) in [5.74, 6) is 0.0817. The number of hydrogen-bond donors (Lipinski definition) is 2. The van der Waals surface area contributed by atoms with Crippen molar-refractivity contribution in [2.75, 3.05) is 13.2 Å². The molecule has 0 radical (unpaired) electrons. The third-order valence-corrected chi connectivity index (χ3v) is 3.64. The standard InChI is InChI=1S/C14H20FNO2/c1-9(11-5-6-18-8-11)16-10(2)13-4-3-12(17)7-14(13)15/h3-4,7,9-11,16-17H,5-6,8H2,1-2H3. The van der Waals surface area contributed by atoms with Crippen molar-refractivity contribution in [1.29, 1.82) is 0 Å². The molecule has 2 N–H and O–H groups in total. The first-order valence-electron chi connectivity index (χ1n) is 6.40. The van der Waals surface area contributed by atoms with Gasteiger partial charge in [0.25, 0.3) is 0 Å². The average Bonchev–Trinajstić information content (AvgIpc) is 2.81. The molecular formula is C14H20FNO2. The summed E-state index contributed by atoms with van der Waals surface area (Å²) < 4.78 is 19.1. The molecule has 1 aromatic carbocycles. The average molecular weight is 253 g/mol. The first-order chi connectivity index (χ1) is 8.58. The third-order valence-electron chi connectivity index (χ3n) is 3.64. The lowest BCUT2D eigenvalue weighted by Crippen LogP contribution is -2.36. The van der Waals surface area contributed by atoms with Crippen LogP contribution in [0.4, 0.5) is 4.39 Å². The number of ether oxygens (including phenoxy) is 1. The maximum Gasteiger partial charge on any atom is 0.131 e. The van der Waals surface area contributed by atoms with Crippen molar-refractivity contribution in [2.24, 2.45) is 5.92 Å². The molecule has 1 fully saturated rings. The predicted octanol–water partition coefficient (Wildman–Crippen LogP) is 2.61. The van der Waals surface area contributed by atoms with Gasteiger partial charge in [0, 0.05) is 30.3 Å². The molecule has 3 unspecified atom stereocenters. The van der Waals surface area contributed by atoms with Gasteiger partial charge in [-0.25, -0.2) is 4.39 Å². The normalized spacial score (nSPS) is 22.9. The maximum atomic E-state index is 13.7. The number of rotatable bonds is 4. The molecule has 0 amide bonds. The molecule has 1 heterocycles. The van der Waals surface area contributed by atoms with Gasteiger partial charge < -0.3 is 15.2 Å². The second kappa shape index (κ2) is 5.67. The van der Waals surface area contributed by atoms with Crippen LogP contribution in [0.1, 0.15) is 31.9 Å². The van der Waals surface area contributed by atoms with E-state index in [1.54, 1.807) is 6.07 Å². The molecule has 0 saturated carbocycles. The van der Waals surface area contributed by atoms with Crippen molar-refractivity contribution in [3.8, 4) is 5.75 Å². The smallest absolute Gasteiger partial charge is 0.131 e. The van der Waals surface area contributed by atoms with Gasteiger partial charge in [-0.1, -0.05) is 6.07 Å². The Bertz CT molecular complexity index is 405. The molecule has 3 nitrogen and oxygen atoms in total. The Balaban J connectivity index is 2.00. The van der Waals surface area contributed by atoms with Crippen LogP contribution in [0.2, 0.25) is 0 Å². The largest absolute Gasteiger partial charge is 0.508 e. The van der Waals surface area contributed by atoms with Gasteiger partial charge in [-0.05, 0) is 32.3 Å². The first kappa shape index (κ1) is 13.3. The molecule has 18 heavy (non-hydrogen) atoms. The number of benzene rings is 1. The third kappa shape index (κ3) is 3.00. The summed E-state index contributed by atoms with van der Waals surface area (Å²) in [6, 6.07) is 4.49. The zero-order valence-electron chi connectivity index (χ0n) is 10.8. The van der Waals surface area contributed by atoms with Crippen molar-refractivity contribution >= 4 is 0 Å². The van der Waals surface area contributed by atoms with Gasteiger partial charge in [-0.2, -0.15) is 0 Å². The van der Waals surface area contributed by atoms with Crippen molar-refractivity contribution in [2.45, 2.75) is 32.4 Å². The number of aromatic hydroxyl groups is 1. The fourth-order valence-corrected chi connectivity index (χ4v) is 2.43. The molecule has 1 aromatic rings. The summed E-state index contributed by atoms with van der Waals surface area (Å²) in [4.78, 5) is 0. The fraction of sp³-hybridized carbons (Fsp3) is 0.571.